The summed E-state index contributed by atoms with van der Waals surface area (Å²) < 4.78 is 22.1. The first-order chi connectivity index (χ1) is 8.13. The molecule has 1 heterocycles. The van der Waals surface area contributed by atoms with E-state index in [1.54, 1.807) is 24.3 Å². The van der Waals surface area contributed by atoms with E-state index in [-0.39, 0.29) is 5.75 Å². The summed E-state index contributed by atoms with van der Waals surface area (Å²) in [6.45, 7) is 2.23. The molecule has 0 N–H and O–H groups in total. The standard InChI is InChI=1S/C11H9Br2FN2O/c1-2-17-8-5-3-4-7(11(8)14)16-10(13)6-9(12)15-16/h3-6H,2H2,1H3. The molecule has 0 unspecified atom stereocenters. The van der Waals surface area contributed by atoms with Gasteiger partial charge in [0.2, 0.25) is 0 Å². The zero-order valence-corrected chi connectivity index (χ0v) is 12.1. The number of nitrogens with zero attached hydrogens (tertiary/aromatic N) is 2. The van der Waals surface area contributed by atoms with Gasteiger partial charge in [-0.05, 0) is 50.9 Å². The van der Waals surface area contributed by atoms with Gasteiger partial charge in [0.1, 0.15) is 14.9 Å². The van der Waals surface area contributed by atoms with Crippen LogP contribution in [0, 0.1) is 5.82 Å². The van der Waals surface area contributed by atoms with E-state index in [0.717, 1.165) is 0 Å². The minimum absolute atomic E-state index is 0.225. The highest BCUT2D eigenvalue weighted by Gasteiger charge is 2.14. The summed E-state index contributed by atoms with van der Waals surface area (Å²) >= 11 is 6.55. The lowest BCUT2D eigenvalue weighted by molar-refractivity contribution is 0.321. The third kappa shape index (κ3) is 2.52. The summed E-state index contributed by atoms with van der Waals surface area (Å²) in [6.07, 6.45) is 0. The number of halogens is 3. The van der Waals surface area contributed by atoms with Crippen molar-refractivity contribution in [1.82, 2.24) is 9.78 Å². The molecule has 2 rings (SSSR count). The first-order valence-corrected chi connectivity index (χ1v) is 6.55. The van der Waals surface area contributed by atoms with Crippen LogP contribution >= 0.6 is 31.9 Å². The van der Waals surface area contributed by atoms with Crippen molar-refractivity contribution in [2.75, 3.05) is 6.61 Å². The smallest absolute Gasteiger partial charge is 0.190 e. The molecule has 0 saturated carbocycles. The van der Waals surface area contributed by atoms with Gasteiger partial charge in [0.25, 0.3) is 0 Å². The number of benzene rings is 1. The Morgan fingerprint density at radius 3 is 2.76 bits per heavy atom. The molecule has 0 aliphatic rings. The molecule has 0 radical (unpaired) electrons. The molecule has 0 amide bonds. The third-order valence-corrected chi connectivity index (χ3v) is 3.06. The fraction of sp³-hybridized carbons (Fsp3) is 0.182. The van der Waals surface area contributed by atoms with E-state index in [0.29, 0.717) is 21.5 Å². The molecule has 0 aliphatic carbocycles. The normalized spacial score (nSPS) is 10.6. The van der Waals surface area contributed by atoms with Gasteiger partial charge in [0.05, 0.1) is 6.61 Å². The molecule has 0 fully saturated rings. The second-order valence-electron chi connectivity index (χ2n) is 3.22. The van der Waals surface area contributed by atoms with Crippen molar-refractivity contribution in [3.63, 3.8) is 0 Å². The molecule has 3 nitrogen and oxygen atoms in total. The number of rotatable bonds is 3. The Labute approximate surface area is 115 Å². The Bertz CT molecular complexity index is 542. The van der Waals surface area contributed by atoms with Gasteiger partial charge in [0, 0.05) is 6.07 Å². The first kappa shape index (κ1) is 12.6. The Morgan fingerprint density at radius 2 is 2.18 bits per heavy atom. The molecule has 17 heavy (non-hydrogen) atoms. The maximum Gasteiger partial charge on any atom is 0.190 e. The van der Waals surface area contributed by atoms with Crippen LogP contribution in [0.15, 0.2) is 33.5 Å². The van der Waals surface area contributed by atoms with E-state index in [1.807, 2.05) is 6.92 Å². The topological polar surface area (TPSA) is 27.1 Å². The van der Waals surface area contributed by atoms with E-state index in [1.165, 1.54) is 4.68 Å². The van der Waals surface area contributed by atoms with Crippen LogP contribution < -0.4 is 4.74 Å². The minimum atomic E-state index is -0.425. The lowest BCUT2D eigenvalue weighted by Crippen LogP contribution is -2.03. The summed E-state index contributed by atoms with van der Waals surface area (Å²) in [6, 6.07) is 6.70. The van der Waals surface area contributed by atoms with Crippen LogP contribution in [-0.2, 0) is 0 Å². The van der Waals surface area contributed by atoms with Crippen LogP contribution in [0.5, 0.6) is 5.75 Å². The summed E-state index contributed by atoms with van der Waals surface area (Å²) in [5.74, 6) is -0.200. The molecule has 0 spiro atoms. The van der Waals surface area contributed by atoms with Crippen molar-refractivity contribution < 1.29 is 9.13 Å². The van der Waals surface area contributed by atoms with Gasteiger partial charge in [-0.3, -0.25) is 0 Å². The highest BCUT2D eigenvalue weighted by Crippen LogP contribution is 2.27. The Balaban J connectivity index is 2.52. The molecule has 1 aromatic heterocycles. The van der Waals surface area contributed by atoms with Gasteiger partial charge >= 0.3 is 0 Å². The monoisotopic (exact) mass is 362 g/mol. The summed E-state index contributed by atoms with van der Waals surface area (Å²) in [5, 5.41) is 4.13. The highest BCUT2D eigenvalue weighted by atomic mass is 79.9. The molecular weight excluding hydrogens is 355 g/mol. The molecule has 6 heteroatoms. The maximum atomic E-state index is 14.1. The number of hydrogen-bond acceptors (Lipinski definition) is 2. The second-order valence-corrected chi connectivity index (χ2v) is 4.85. The Hall–Kier alpha value is -0.880. The van der Waals surface area contributed by atoms with Crippen LogP contribution in [0.2, 0.25) is 0 Å². The summed E-state index contributed by atoms with van der Waals surface area (Å²) in [4.78, 5) is 0. The predicted molar refractivity (Wildman–Crippen MR) is 70.1 cm³/mol. The summed E-state index contributed by atoms with van der Waals surface area (Å²) in [7, 11) is 0. The molecule has 0 aliphatic heterocycles. The van der Waals surface area contributed by atoms with E-state index in [2.05, 4.69) is 37.0 Å². The first-order valence-electron chi connectivity index (χ1n) is 4.96. The van der Waals surface area contributed by atoms with Crippen molar-refractivity contribution in [3.8, 4) is 11.4 Å². The van der Waals surface area contributed by atoms with Crippen molar-refractivity contribution in [2.24, 2.45) is 0 Å². The fourth-order valence-electron chi connectivity index (χ4n) is 1.43. The van der Waals surface area contributed by atoms with Gasteiger partial charge in [-0.15, -0.1) is 0 Å². The van der Waals surface area contributed by atoms with Crippen LogP contribution in [0.3, 0.4) is 0 Å². The van der Waals surface area contributed by atoms with Crippen molar-refractivity contribution in [3.05, 3.63) is 39.3 Å². The van der Waals surface area contributed by atoms with Gasteiger partial charge in [-0.25, -0.2) is 9.07 Å². The molecule has 0 saturated heterocycles. The van der Waals surface area contributed by atoms with Crippen LogP contribution in [0.1, 0.15) is 6.92 Å². The fourth-order valence-corrected chi connectivity index (χ4v) is 2.60. The minimum Gasteiger partial charge on any atom is -0.491 e. The van der Waals surface area contributed by atoms with Crippen molar-refractivity contribution >= 4 is 31.9 Å². The molecule has 1 aromatic carbocycles. The van der Waals surface area contributed by atoms with Crippen LogP contribution in [0.4, 0.5) is 4.39 Å². The van der Waals surface area contributed by atoms with Gasteiger partial charge < -0.3 is 4.74 Å². The van der Waals surface area contributed by atoms with Crippen LogP contribution in [-0.4, -0.2) is 16.4 Å². The van der Waals surface area contributed by atoms with E-state index in [4.69, 9.17) is 4.74 Å². The lowest BCUT2D eigenvalue weighted by Gasteiger charge is -2.09. The largest absolute Gasteiger partial charge is 0.491 e. The summed E-state index contributed by atoms with van der Waals surface area (Å²) in [5.41, 5.74) is 0.341. The predicted octanol–water partition coefficient (Wildman–Crippen LogP) is 3.94. The van der Waals surface area contributed by atoms with Gasteiger partial charge in [-0.2, -0.15) is 5.10 Å². The average Bonchev–Trinajstić information content (AvgIpc) is 2.61. The molecule has 0 atom stereocenters. The van der Waals surface area contributed by atoms with Crippen molar-refractivity contribution in [2.45, 2.75) is 6.92 Å². The quantitative estimate of drug-likeness (QED) is 0.825. The van der Waals surface area contributed by atoms with Crippen molar-refractivity contribution in [1.29, 1.82) is 0 Å². The number of aromatic nitrogens is 2. The van der Waals surface area contributed by atoms with Gasteiger partial charge in [0.15, 0.2) is 11.6 Å². The Morgan fingerprint density at radius 1 is 1.41 bits per heavy atom. The molecule has 0 bridgehead atoms. The maximum absolute atomic E-state index is 14.1. The lowest BCUT2D eigenvalue weighted by atomic mass is 10.3. The van der Waals surface area contributed by atoms with E-state index in [9.17, 15) is 4.39 Å². The second kappa shape index (κ2) is 5.18. The SMILES string of the molecule is CCOc1cccc(-n2nc(Br)cc2Br)c1F. The van der Waals surface area contributed by atoms with E-state index < -0.39 is 5.82 Å². The average molecular weight is 364 g/mol. The number of hydrogen-bond donors (Lipinski definition) is 0. The van der Waals surface area contributed by atoms with E-state index >= 15 is 0 Å². The highest BCUT2D eigenvalue weighted by molar-refractivity contribution is 9.11. The Kier molecular flexibility index (Phi) is 3.83. The molecule has 90 valence electrons. The zero-order valence-electron chi connectivity index (χ0n) is 8.95. The zero-order chi connectivity index (χ0) is 12.4. The molecular formula is C11H9Br2FN2O. The van der Waals surface area contributed by atoms with Crippen LogP contribution in [0.25, 0.3) is 5.69 Å². The molecule has 2 aromatic rings. The third-order valence-electron chi connectivity index (χ3n) is 2.11. The van der Waals surface area contributed by atoms with Gasteiger partial charge in [-0.1, -0.05) is 6.07 Å². The number of ether oxygens (including phenoxy) is 1.